The average molecular weight is 172 g/mol. The highest BCUT2D eigenvalue weighted by Crippen LogP contribution is 1.80. The molecule has 0 aliphatic rings. The minimum absolute atomic E-state index is 0.0417. The van der Waals surface area contributed by atoms with Gasteiger partial charge < -0.3 is 16.2 Å². The maximum Gasteiger partial charge on any atom is 0.246 e. The van der Waals surface area contributed by atoms with Crippen LogP contribution in [0.1, 0.15) is 0 Å². The topological polar surface area (TPSA) is 92.4 Å². The fourth-order valence-electron chi connectivity index (χ4n) is 0.126. The Labute approximate surface area is 70.6 Å². The first-order chi connectivity index (χ1) is 5.59. The Kier molecular flexibility index (Phi) is 10.2. The first-order valence-electron chi connectivity index (χ1n) is 2.99. The van der Waals surface area contributed by atoms with E-state index in [-0.39, 0.29) is 12.2 Å². The van der Waals surface area contributed by atoms with Crippen molar-refractivity contribution in [1.29, 1.82) is 0 Å². The second-order valence-electron chi connectivity index (χ2n) is 1.61. The number of primary amides is 1. The molecule has 0 aromatic rings. The molecule has 0 saturated carbocycles. The number of aliphatic hydroxyl groups is 1. The molecule has 0 saturated heterocycles. The van der Waals surface area contributed by atoms with E-state index in [0.717, 1.165) is 0 Å². The Morgan fingerprint density at radius 1 is 1.67 bits per heavy atom. The Morgan fingerprint density at radius 3 is 2.17 bits per heavy atom. The van der Waals surface area contributed by atoms with Crippen LogP contribution < -0.4 is 11.1 Å². The quantitative estimate of drug-likeness (QED) is 0.371. The van der Waals surface area contributed by atoms with Crippen LogP contribution in [0.2, 0.25) is 0 Å². The van der Waals surface area contributed by atoms with E-state index in [9.17, 15) is 9.59 Å². The van der Waals surface area contributed by atoms with Gasteiger partial charge in [0, 0.05) is 5.57 Å². The van der Waals surface area contributed by atoms with Crippen molar-refractivity contribution in [3.8, 4) is 0 Å². The van der Waals surface area contributed by atoms with Gasteiger partial charge in [0.1, 0.15) is 0 Å². The minimum atomic E-state index is -0.650. The number of carbonyl (C=O) groups is 2. The van der Waals surface area contributed by atoms with Crippen LogP contribution in [0.3, 0.4) is 0 Å². The molecule has 0 heterocycles. The molecule has 12 heavy (non-hydrogen) atoms. The Hall–Kier alpha value is -1.62. The number of nitrogens with two attached hydrogens (primary N) is 1. The first kappa shape index (κ1) is 13.0. The lowest BCUT2D eigenvalue weighted by Gasteiger charge is -1.88. The zero-order chi connectivity index (χ0) is 9.98. The van der Waals surface area contributed by atoms with Gasteiger partial charge >= 0.3 is 0 Å². The number of rotatable bonds is 4. The normalized spacial score (nSPS) is 7.08. The van der Waals surface area contributed by atoms with Crippen molar-refractivity contribution >= 4 is 12.3 Å². The van der Waals surface area contributed by atoms with Gasteiger partial charge in [0.15, 0.2) is 0 Å². The van der Waals surface area contributed by atoms with Crippen LogP contribution in [0.15, 0.2) is 24.9 Å². The second kappa shape index (κ2) is 9.38. The van der Waals surface area contributed by atoms with Gasteiger partial charge in [-0.1, -0.05) is 13.2 Å². The Balaban J connectivity index is 0. The molecule has 0 spiro atoms. The molecule has 0 rings (SSSR count). The molecule has 0 aliphatic carbocycles. The molecule has 5 heteroatoms. The van der Waals surface area contributed by atoms with E-state index in [1.54, 1.807) is 0 Å². The zero-order valence-electron chi connectivity index (χ0n) is 6.62. The summed E-state index contributed by atoms with van der Waals surface area (Å²) in [7, 11) is 0. The van der Waals surface area contributed by atoms with Crippen LogP contribution >= 0.6 is 0 Å². The Morgan fingerprint density at radius 2 is 2.17 bits per heavy atom. The molecule has 68 valence electrons. The molecule has 0 atom stereocenters. The molecular weight excluding hydrogens is 160 g/mol. The monoisotopic (exact) mass is 172 g/mol. The molecule has 4 N–H and O–H groups in total. The fraction of sp³-hybridized carbons (Fsp3) is 0.143. The summed E-state index contributed by atoms with van der Waals surface area (Å²) in [5.41, 5.74) is 4.69. The maximum atomic E-state index is 9.89. The van der Waals surface area contributed by atoms with Gasteiger partial charge in [0.25, 0.3) is 0 Å². The van der Waals surface area contributed by atoms with Crippen molar-refractivity contribution in [3.63, 3.8) is 0 Å². The van der Waals surface area contributed by atoms with E-state index in [4.69, 9.17) is 5.11 Å². The highest BCUT2D eigenvalue weighted by molar-refractivity contribution is 5.91. The van der Waals surface area contributed by atoms with E-state index < -0.39 is 5.91 Å². The molecule has 0 bridgehead atoms. The number of nitrogens with one attached hydrogen (secondary N) is 1. The molecule has 5 nitrogen and oxygen atoms in total. The van der Waals surface area contributed by atoms with Crippen LogP contribution in [0.4, 0.5) is 0 Å². The van der Waals surface area contributed by atoms with Gasteiger partial charge in [0.05, 0.1) is 6.61 Å². The van der Waals surface area contributed by atoms with E-state index in [1.165, 1.54) is 6.20 Å². The van der Waals surface area contributed by atoms with Crippen LogP contribution in [-0.2, 0) is 9.59 Å². The van der Waals surface area contributed by atoms with Gasteiger partial charge in [-0.15, -0.1) is 0 Å². The first-order valence-corrected chi connectivity index (χ1v) is 2.99. The number of amides is 2. The van der Waals surface area contributed by atoms with Crippen molar-refractivity contribution in [3.05, 3.63) is 24.9 Å². The van der Waals surface area contributed by atoms with Crippen molar-refractivity contribution in [2.45, 2.75) is 0 Å². The van der Waals surface area contributed by atoms with Crippen molar-refractivity contribution in [1.82, 2.24) is 5.32 Å². The van der Waals surface area contributed by atoms with Crippen molar-refractivity contribution < 1.29 is 14.7 Å². The lowest BCUT2D eigenvalue weighted by Crippen LogP contribution is -2.14. The predicted molar refractivity (Wildman–Crippen MR) is 44.8 cm³/mol. The van der Waals surface area contributed by atoms with E-state index in [2.05, 4.69) is 24.2 Å². The molecule has 0 aromatic heterocycles. The van der Waals surface area contributed by atoms with E-state index in [1.807, 2.05) is 0 Å². The van der Waals surface area contributed by atoms with E-state index in [0.29, 0.717) is 6.41 Å². The second-order valence-corrected chi connectivity index (χ2v) is 1.61. The van der Waals surface area contributed by atoms with E-state index >= 15 is 0 Å². The number of hydrogen-bond acceptors (Lipinski definition) is 3. The van der Waals surface area contributed by atoms with Crippen LogP contribution in [0, 0.1) is 0 Å². The molecule has 0 aliphatic heterocycles. The van der Waals surface area contributed by atoms with Gasteiger partial charge in [-0.25, -0.2) is 0 Å². The van der Waals surface area contributed by atoms with Gasteiger partial charge in [-0.3, -0.25) is 9.59 Å². The molecule has 0 fully saturated rings. The van der Waals surface area contributed by atoms with Crippen molar-refractivity contribution in [2.24, 2.45) is 5.73 Å². The maximum absolute atomic E-state index is 9.89. The summed E-state index contributed by atoms with van der Waals surface area (Å²) in [5.74, 6) is -0.650. The summed E-state index contributed by atoms with van der Waals surface area (Å²) >= 11 is 0. The van der Waals surface area contributed by atoms with Gasteiger partial charge in [0.2, 0.25) is 12.3 Å². The predicted octanol–water partition coefficient (Wildman–Crippen LogP) is -1.10. The van der Waals surface area contributed by atoms with Crippen molar-refractivity contribution in [2.75, 3.05) is 6.61 Å². The van der Waals surface area contributed by atoms with Crippen LogP contribution in [0.5, 0.6) is 0 Å². The molecule has 0 aromatic carbocycles. The standard InChI is InChI=1S/C4H7NO2.C3H5NO/c1-3(2-6)4(5)7;1-2-4-3-5/h6H,1-2H2,(H2,5,7);2-3H,1H2,(H,4,5). The summed E-state index contributed by atoms with van der Waals surface area (Å²) in [6.45, 7) is 6.00. The molecule has 0 unspecified atom stereocenters. The van der Waals surface area contributed by atoms with Crippen LogP contribution in [0.25, 0.3) is 0 Å². The SMILES string of the molecule is C=C(CO)C(N)=O.C=CNC=O. The third kappa shape index (κ3) is 11.2. The summed E-state index contributed by atoms with van der Waals surface area (Å²) in [5, 5.41) is 10.3. The number of hydrogen-bond donors (Lipinski definition) is 3. The summed E-state index contributed by atoms with van der Waals surface area (Å²) in [6, 6.07) is 0. The minimum Gasteiger partial charge on any atom is -0.391 e. The van der Waals surface area contributed by atoms with Gasteiger partial charge in [-0.2, -0.15) is 0 Å². The summed E-state index contributed by atoms with van der Waals surface area (Å²) < 4.78 is 0. The molecular formula is C7H12N2O3. The fourth-order valence-corrected chi connectivity index (χ4v) is 0.126. The summed E-state index contributed by atoms with van der Waals surface area (Å²) in [6.07, 6.45) is 1.88. The van der Waals surface area contributed by atoms with Crippen LogP contribution in [-0.4, -0.2) is 24.0 Å². The third-order valence-corrected chi connectivity index (χ3v) is 0.725. The lowest BCUT2D eigenvalue weighted by atomic mass is 10.3. The lowest BCUT2D eigenvalue weighted by molar-refractivity contribution is -0.115. The zero-order valence-corrected chi connectivity index (χ0v) is 6.62. The molecule has 0 radical (unpaired) electrons. The number of carbonyl (C=O) groups excluding carboxylic acids is 2. The average Bonchev–Trinajstić information content (AvgIpc) is 2.05. The molecule has 2 amide bonds. The Bertz CT molecular complexity index is 171. The third-order valence-electron chi connectivity index (χ3n) is 0.725. The highest BCUT2D eigenvalue weighted by atomic mass is 16.3. The summed E-state index contributed by atoms with van der Waals surface area (Å²) in [4.78, 5) is 19.1. The highest BCUT2D eigenvalue weighted by Gasteiger charge is 1.94. The number of aliphatic hydroxyl groups excluding tert-OH is 1. The largest absolute Gasteiger partial charge is 0.391 e. The smallest absolute Gasteiger partial charge is 0.246 e. The van der Waals surface area contributed by atoms with Gasteiger partial charge in [-0.05, 0) is 6.20 Å².